The third-order valence-electron chi connectivity index (χ3n) is 6.30. The van der Waals surface area contributed by atoms with Gasteiger partial charge in [-0.05, 0) is 53.6 Å². The summed E-state index contributed by atoms with van der Waals surface area (Å²) in [5.74, 6) is 1.69. The molecule has 0 radical (unpaired) electrons. The molecule has 7 aromatic rings. The molecule has 0 amide bonds. The Bertz CT molecular complexity index is 1790. The number of fused-ring (bicyclic) bond motifs is 5. The van der Waals surface area contributed by atoms with Crippen molar-refractivity contribution in [3.05, 3.63) is 116 Å². The highest BCUT2D eigenvalue weighted by atomic mass is 15.2. The SMILES string of the molecule is c1ccc(-c2cnccc2-c2ccc(-n3c4ccccc4n4c5ccccc5nc34)nc2)cc1. The number of imidazole rings is 2. The minimum Gasteiger partial charge on any atom is -0.276 e. The summed E-state index contributed by atoms with van der Waals surface area (Å²) >= 11 is 0. The van der Waals surface area contributed by atoms with E-state index in [1.807, 2.05) is 55.0 Å². The maximum Gasteiger partial charge on any atom is 0.221 e. The molecule has 160 valence electrons. The summed E-state index contributed by atoms with van der Waals surface area (Å²) in [7, 11) is 0. The van der Waals surface area contributed by atoms with Crippen molar-refractivity contribution in [3.8, 4) is 28.1 Å². The van der Waals surface area contributed by atoms with Gasteiger partial charge in [0.25, 0.3) is 0 Å². The van der Waals surface area contributed by atoms with Gasteiger partial charge in [-0.2, -0.15) is 0 Å². The minimum atomic E-state index is 0.834. The number of hydrogen-bond acceptors (Lipinski definition) is 3. The summed E-state index contributed by atoms with van der Waals surface area (Å²) in [4.78, 5) is 14.2. The highest BCUT2D eigenvalue weighted by molar-refractivity contribution is 5.92. The molecule has 5 heteroatoms. The summed E-state index contributed by atoms with van der Waals surface area (Å²) in [6, 6.07) is 33.1. The fourth-order valence-corrected chi connectivity index (χ4v) is 4.75. The average molecular weight is 438 g/mol. The van der Waals surface area contributed by atoms with Crippen LogP contribution in [0.4, 0.5) is 0 Å². The number of benzene rings is 3. The Hall–Kier alpha value is -4.77. The Balaban J connectivity index is 1.41. The van der Waals surface area contributed by atoms with Crippen molar-refractivity contribution in [1.29, 1.82) is 0 Å². The first-order chi connectivity index (χ1) is 16.9. The molecule has 34 heavy (non-hydrogen) atoms. The Morgan fingerprint density at radius 2 is 1.32 bits per heavy atom. The molecule has 0 N–H and O–H groups in total. The zero-order valence-corrected chi connectivity index (χ0v) is 18.2. The Kier molecular flexibility index (Phi) is 4.08. The second kappa shape index (κ2) is 7.39. The van der Waals surface area contributed by atoms with E-state index in [4.69, 9.17) is 9.97 Å². The van der Waals surface area contributed by atoms with Crippen LogP contribution in [0, 0.1) is 0 Å². The van der Waals surface area contributed by atoms with Crippen LogP contribution in [-0.2, 0) is 0 Å². The van der Waals surface area contributed by atoms with Gasteiger partial charge >= 0.3 is 0 Å². The van der Waals surface area contributed by atoms with Crippen molar-refractivity contribution in [3.63, 3.8) is 0 Å². The van der Waals surface area contributed by atoms with E-state index < -0.39 is 0 Å². The molecule has 0 atom stereocenters. The molecule has 0 fully saturated rings. The maximum atomic E-state index is 4.94. The van der Waals surface area contributed by atoms with Crippen molar-refractivity contribution in [1.82, 2.24) is 23.9 Å². The topological polar surface area (TPSA) is 48.0 Å². The number of pyridine rings is 2. The minimum absolute atomic E-state index is 0.834. The van der Waals surface area contributed by atoms with Gasteiger partial charge in [0.05, 0.1) is 22.1 Å². The van der Waals surface area contributed by atoms with Crippen LogP contribution < -0.4 is 0 Å². The predicted octanol–water partition coefficient (Wildman–Crippen LogP) is 6.56. The molecule has 0 aliphatic heterocycles. The third kappa shape index (κ3) is 2.77. The van der Waals surface area contributed by atoms with Gasteiger partial charge in [-0.1, -0.05) is 54.6 Å². The molecule has 0 spiro atoms. The van der Waals surface area contributed by atoms with E-state index in [2.05, 4.69) is 74.6 Å². The Morgan fingerprint density at radius 1 is 0.559 bits per heavy atom. The maximum absolute atomic E-state index is 4.94. The monoisotopic (exact) mass is 437 g/mol. The molecule has 0 bridgehead atoms. The van der Waals surface area contributed by atoms with Crippen molar-refractivity contribution in [2.45, 2.75) is 0 Å². The second-order valence-electron chi connectivity index (χ2n) is 8.25. The smallest absolute Gasteiger partial charge is 0.221 e. The van der Waals surface area contributed by atoms with E-state index in [0.29, 0.717) is 0 Å². The Morgan fingerprint density at radius 3 is 2.15 bits per heavy atom. The standard InChI is InChI=1S/C29H19N5/c1-2-8-20(9-3-1)23-19-30-17-16-22(23)21-14-15-28(31-18-21)34-27-13-7-6-12-26(27)33-25-11-5-4-10-24(25)32-29(33)34/h1-19H. The van der Waals surface area contributed by atoms with Gasteiger partial charge < -0.3 is 0 Å². The van der Waals surface area contributed by atoms with Crippen LogP contribution in [-0.4, -0.2) is 23.9 Å². The first-order valence-electron chi connectivity index (χ1n) is 11.2. The zero-order chi connectivity index (χ0) is 22.5. The lowest BCUT2D eigenvalue weighted by Gasteiger charge is -2.10. The summed E-state index contributed by atoms with van der Waals surface area (Å²) in [6.45, 7) is 0. The summed E-state index contributed by atoms with van der Waals surface area (Å²) in [5, 5.41) is 0. The fourth-order valence-electron chi connectivity index (χ4n) is 4.75. The van der Waals surface area contributed by atoms with Crippen LogP contribution in [0.25, 0.3) is 55.9 Å². The molecule has 0 aliphatic rings. The molecule has 3 aromatic carbocycles. The van der Waals surface area contributed by atoms with Crippen LogP contribution in [0.5, 0.6) is 0 Å². The van der Waals surface area contributed by atoms with E-state index in [0.717, 1.165) is 55.9 Å². The molecule has 4 heterocycles. The van der Waals surface area contributed by atoms with Crippen molar-refractivity contribution < 1.29 is 0 Å². The van der Waals surface area contributed by atoms with Crippen LogP contribution in [0.2, 0.25) is 0 Å². The molecular weight excluding hydrogens is 418 g/mol. The molecule has 5 nitrogen and oxygen atoms in total. The molecule has 0 unspecified atom stereocenters. The normalized spacial score (nSPS) is 11.5. The highest BCUT2D eigenvalue weighted by Crippen LogP contribution is 2.32. The molecule has 0 aliphatic carbocycles. The van der Waals surface area contributed by atoms with Crippen LogP contribution in [0.1, 0.15) is 0 Å². The predicted molar refractivity (Wildman–Crippen MR) is 136 cm³/mol. The molecule has 0 saturated heterocycles. The first kappa shape index (κ1) is 18.8. The third-order valence-corrected chi connectivity index (χ3v) is 6.30. The first-order valence-corrected chi connectivity index (χ1v) is 11.2. The van der Waals surface area contributed by atoms with E-state index in [-0.39, 0.29) is 0 Å². The van der Waals surface area contributed by atoms with Gasteiger partial charge in [0.2, 0.25) is 5.78 Å². The number of rotatable bonds is 3. The molecule has 4 aromatic heterocycles. The van der Waals surface area contributed by atoms with E-state index in [9.17, 15) is 0 Å². The van der Waals surface area contributed by atoms with Crippen LogP contribution >= 0.6 is 0 Å². The van der Waals surface area contributed by atoms with Crippen molar-refractivity contribution in [2.24, 2.45) is 0 Å². The Labute approximate surface area is 195 Å². The van der Waals surface area contributed by atoms with Gasteiger partial charge in [-0.25, -0.2) is 9.97 Å². The quantitative estimate of drug-likeness (QED) is 0.315. The number of para-hydroxylation sites is 4. The van der Waals surface area contributed by atoms with Gasteiger partial charge in [0.1, 0.15) is 5.82 Å². The number of nitrogens with zero attached hydrogens (tertiary/aromatic N) is 5. The van der Waals surface area contributed by atoms with Crippen molar-refractivity contribution in [2.75, 3.05) is 0 Å². The summed E-state index contributed by atoms with van der Waals surface area (Å²) in [5.41, 5.74) is 8.62. The number of aromatic nitrogens is 5. The van der Waals surface area contributed by atoms with Gasteiger partial charge in [-0.3, -0.25) is 14.0 Å². The molecule has 7 rings (SSSR count). The van der Waals surface area contributed by atoms with Gasteiger partial charge in [0.15, 0.2) is 0 Å². The van der Waals surface area contributed by atoms with E-state index >= 15 is 0 Å². The number of hydrogen-bond donors (Lipinski definition) is 0. The van der Waals surface area contributed by atoms with Crippen LogP contribution in [0.15, 0.2) is 116 Å². The lowest BCUT2D eigenvalue weighted by Crippen LogP contribution is -1.98. The summed E-state index contributed by atoms with van der Waals surface area (Å²) in [6.07, 6.45) is 5.68. The zero-order valence-electron chi connectivity index (χ0n) is 18.2. The average Bonchev–Trinajstić information content (AvgIpc) is 3.44. The highest BCUT2D eigenvalue weighted by Gasteiger charge is 2.17. The summed E-state index contributed by atoms with van der Waals surface area (Å²) < 4.78 is 4.33. The second-order valence-corrected chi connectivity index (χ2v) is 8.25. The largest absolute Gasteiger partial charge is 0.276 e. The van der Waals surface area contributed by atoms with E-state index in [1.54, 1.807) is 0 Å². The van der Waals surface area contributed by atoms with Gasteiger partial charge in [-0.15, -0.1) is 0 Å². The van der Waals surface area contributed by atoms with Crippen LogP contribution in [0.3, 0.4) is 0 Å². The lowest BCUT2D eigenvalue weighted by atomic mass is 9.98. The van der Waals surface area contributed by atoms with Crippen molar-refractivity contribution >= 4 is 27.8 Å². The molecule has 0 saturated carbocycles. The lowest BCUT2D eigenvalue weighted by molar-refractivity contribution is 1.04. The van der Waals surface area contributed by atoms with E-state index in [1.165, 1.54) is 0 Å². The van der Waals surface area contributed by atoms with Gasteiger partial charge in [0, 0.05) is 29.7 Å². The fraction of sp³-hybridized carbons (Fsp3) is 0. The molecular formula is C29H19N5.